The Morgan fingerprint density at radius 2 is 1.76 bits per heavy atom. The lowest BCUT2D eigenvalue weighted by atomic mass is 10.1. The van der Waals surface area contributed by atoms with Gasteiger partial charge < -0.3 is 10.1 Å². The third-order valence-electron chi connectivity index (χ3n) is 4.97. The van der Waals surface area contributed by atoms with E-state index in [4.69, 9.17) is 16.3 Å². The number of halogens is 1. The maximum absolute atomic E-state index is 12.8. The molecule has 3 aromatic carbocycles. The average molecular weight is 487 g/mol. The molecule has 0 saturated heterocycles. The number of ether oxygens (including phenoxy) is 1. The molecule has 174 valence electrons. The normalized spacial score (nSPS) is 11.1. The fourth-order valence-corrected chi connectivity index (χ4v) is 4.86. The van der Waals surface area contributed by atoms with Gasteiger partial charge in [-0.1, -0.05) is 47.5 Å². The minimum absolute atomic E-state index is 0.0405. The van der Waals surface area contributed by atoms with Gasteiger partial charge in [0.15, 0.2) is 0 Å². The SMILES string of the molecule is CCOc1ccccc1CCCNC(=O)c1ccc(Cl)c(S(=O)(=O)Nc2ccc(C)cc2)c1. The molecule has 0 fully saturated rings. The van der Waals surface area contributed by atoms with Crippen LogP contribution in [-0.4, -0.2) is 27.5 Å². The first-order valence-corrected chi connectivity index (χ1v) is 12.5. The first-order chi connectivity index (χ1) is 15.8. The Morgan fingerprint density at radius 1 is 1.03 bits per heavy atom. The van der Waals surface area contributed by atoms with Crippen molar-refractivity contribution in [3.63, 3.8) is 0 Å². The molecule has 0 atom stereocenters. The zero-order valence-corrected chi connectivity index (χ0v) is 20.2. The number of aryl methyl sites for hydroxylation is 2. The summed E-state index contributed by atoms with van der Waals surface area (Å²) in [5, 5.41) is 2.88. The Kier molecular flexibility index (Phi) is 8.36. The van der Waals surface area contributed by atoms with E-state index in [1.54, 1.807) is 24.3 Å². The Labute approximate surface area is 200 Å². The second kappa shape index (κ2) is 11.2. The predicted octanol–water partition coefficient (Wildman–Crippen LogP) is 5.21. The summed E-state index contributed by atoms with van der Waals surface area (Å²) in [6.07, 6.45) is 1.46. The minimum Gasteiger partial charge on any atom is -0.494 e. The second-order valence-corrected chi connectivity index (χ2v) is 9.57. The molecular weight excluding hydrogens is 460 g/mol. The van der Waals surface area contributed by atoms with Gasteiger partial charge in [0.1, 0.15) is 10.6 Å². The maximum Gasteiger partial charge on any atom is 0.263 e. The molecule has 0 aliphatic carbocycles. The van der Waals surface area contributed by atoms with E-state index in [0.29, 0.717) is 25.3 Å². The number of carbonyl (C=O) groups is 1. The van der Waals surface area contributed by atoms with Gasteiger partial charge in [0.25, 0.3) is 15.9 Å². The minimum atomic E-state index is -3.96. The monoisotopic (exact) mass is 486 g/mol. The number of anilines is 1. The molecule has 0 aromatic heterocycles. The second-order valence-electron chi connectivity index (χ2n) is 7.52. The number of amides is 1. The molecular formula is C25H27ClN2O4S. The fourth-order valence-electron chi connectivity index (χ4n) is 3.27. The summed E-state index contributed by atoms with van der Waals surface area (Å²) in [6, 6.07) is 19.0. The van der Waals surface area contributed by atoms with Gasteiger partial charge in [0, 0.05) is 17.8 Å². The third-order valence-corrected chi connectivity index (χ3v) is 6.83. The molecule has 0 saturated carbocycles. The van der Waals surface area contributed by atoms with E-state index in [0.717, 1.165) is 23.3 Å². The van der Waals surface area contributed by atoms with Crippen molar-refractivity contribution in [2.24, 2.45) is 0 Å². The molecule has 0 unspecified atom stereocenters. The Hall–Kier alpha value is -3.03. The first-order valence-electron chi connectivity index (χ1n) is 10.7. The van der Waals surface area contributed by atoms with Gasteiger partial charge in [-0.05, 0) is 68.7 Å². The lowest BCUT2D eigenvalue weighted by Crippen LogP contribution is -2.25. The van der Waals surface area contributed by atoms with Crippen LogP contribution in [0.2, 0.25) is 5.02 Å². The maximum atomic E-state index is 12.8. The highest BCUT2D eigenvalue weighted by Gasteiger charge is 2.20. The topological polar surface area (TPSA) is 84.5 Å². The largest absolute Gasteiger partial charge is 0.494 e. The summed E-state index contributed by atoms with van der Waals surface area (Å²) in [7, 11) is -3.96. The van der Waals surface area contributed by atoms with Crippen LogP contribution in [0, 0.1) is 6.92 Å². The van der Waals surface area contributed by atoms with Crippen LogP contribution in [0.4, 0.5) is 5.69 Å². The van der Waals surface area contributed by atoms with Crippen LogP contribution >= 0.6 is 11.6 Å². The highest BCUT2D eigenvalue weighted by Crippen LogP contribution is 2.25. The Balaban J connectivity index is 1.63. The molecule has 8 heteroatoms. The van der Waals surface area contributed by atoms with E-state index in [-0.39, 0.29) is 21.4 Å². The summed E-state index contributed by atoms with van der Waals surface area (Å²) < 4.78 is 33.8. The third kappa shape index (κ3) is 6.73. The molecule has 0 bridgehead atoms. The van der Waals surface area contributed by atoms with Crippen LogP contribution in [0.5, 0.6) is 5.75 Å². The van der Waals surface area contributed by atoms with Crippen molar-refractivity contribution in [3.05, 3.63) is 88.4 Å². The van der Waals surface area contributed by atoms with Crippen molar-refractivity contribution in [1.29, 1.82) is 0 Å². The van der Waals surface area contributed by atoms with E-state index in [9.17, 15) is 13.2 Å². The molecule has 1 amide bonds. The van der Waals surface area contributed by atoms with E-state index in [2.05, 4.69) is 10.0 Å². The molecule has 0 radical (unpaired) electrons. The summed E-state index contributed by atoms with van der Waals surface area (Å²) in [4.78, 5) is 12.5. The molecule has 0 aliphatic heterocycles. The highest BCUT2D eigenvalue weighted by atomic mass is 35.5. The summed E-state index contributed by atoms with van der Waals surface area (Å²) >= 11 is 6.15. The number of nitrogens with one attached hydrogen (secondary N) is 2. The zero-order chi connectivity index (χ0) is 23.8. The van der Waals surface area contributed by atoms with Crippen molar-refractivity contribution in [3.8, 4) is 5.75 Å². The standard InChI is InChI=1S/C25H27ClN2O4S/c1-3-32-23-9-5-4-7-19(23)8-6-16-27-25(29)20-12-15-22(26)24(17-20)33(30,31)28-21-13-10-18(2)11-14-21/h4-5,7,9-15,17,28H,3,6,8,16H2,1-2H3,(H,27,29). The van der Waals surface area contributed by atoms with Gasteiger partial charge >= 0.3 is 0 Å². The van der Waals surface area contributed by atoms with Crippen LogP contribution in [0.1, 0.15) is 34.8 Å². The number of rotatable bonds is 10. The highest BCUT2D eigenvalue weighted by molar-refractivity contribution is 7.92. The lowest BCUT2D eigenvalue weighted by Gasteiger charge is -2.12. The summed E-state index contributed by atoms with van der Waals surface area (Å²) in [6.45, 7) is 4.88. The molecule has 2 N–H and O–H groups in total. The fraction of sp³-hybridized carbons (Fsp3) is 0.240. The van der Waals surface area contributed by atoms with Gasteiger partial charge in [-0.25, -0.2) is 8.42 Å². The smallest absolute Gasteiger partial charge is 0.263 e. The van der Waals surface area contributed by atoms with Gasteiger partial charge in [0.05, 0.1) is 11.6 Å². The first kappa shape index (κ1) is 24.6. The van der Waals surface area contributed by atoms with Crippen LogP contribution in [0.15, 0.2) is 71.6 Å². The summed E-state index contributed by atoms with van der Waals surface area (Å²) in [5.74, 6) is 0.483. The van der Waals surface area contributed by atoms with Crippen LogP contribution in [-0.2, 0) is 16.4 Å². The van der Waals surface area contributed by atoms with E-state index in [1.807, 2.05) is 38.1 Å². The van der Waals surface area contributed by atoms with Gasteiger partial charge in [-0.2, -0.15) is 0 Å². The van der Waals surface area contributed by atoms with E-state index in [1.165, 1.54) is 18.2 Å². The molecule has 0 aliphatic rings. The Morgan fingerprint density at radius 3 is 2.48 bits per heavy atom. The molecule has 3 aromatic rings. The number of sulfonamides is 1. The lowest BCUT2D eigenvalue weighted by molar-refractivity contribution is 0.0953. The quantitative estimate of drug-likeness (QED) is 0.385. The van der Waals surface area contributed by atoms with E-state index >= 15 is 0 Å². The summed E-state index contributed by atoms with van der Waals surface area (Å²) in [5.41, 5.74) is 2.73. The number of carbonyl (C=O) groups excluding carboxylic acids is 1. The molecule has 33 heavy (non-hydrogen) atoms. The van der Waals surface area contributed by atoms with Crippen molar-refractivity contribution in [2.75, 3.05) is 17.9 Å². The molecule has 3 rings (SSSR count). The zero-order valence-electron chi connectivity index (χ0n) is 18.6. The van der Waals surface area contributed by atoms with Crippen LogP contribution in [0.25, 0.3) is 0 Å². The molecule has 0 heterocycles. The van der Waals surface area contributed by atoms with Crippen LogP contribution in [0.3, 0.4) is 0 Å². The number of benzene rings is 3. The Bertz CT molecular complexity index is 1210. The van der Waals surface area contributed by atoms with E-state index < -0.39 is 10.0 Å². The molecule has 6 nitrogen and oxygen atoms in total. The van der Waals surface area contributed by atoms with Gasteiger partial charge in [0.2, 0.25) is 0 Å². The van der Waals surface area contributed by atoms with Gasteiger partial charge in [-0.3, -0.25) is 9.52 Å². The predicted molar refractivity (Wildman–Crippen MR) is 132 cm³/mol. The number of hydrogen-bond donors (Lipinski definition) is 2. The van der Waals surface area contributed by atoms with Gasteiger partial charge in [-0.15, -0.1) is 0 Å². The van der Waals surface area contributed by atoms with Crippen molar-refractivity contribution >= 4 is 33.2 Å². The average Bonchev–Trinajstić information content (AvgIpc) is 2.79. The number of hydrogen-bond acceptors (Lipinski definition) is 4. The van der Waals surface area contributed by atoms with Crippen LogP contribution < -0.4 is 14.8 Å². The van der Waals surface area contributed by atoms with Crippen molar-refractivity contribution < 1.29 is 17.9 Å². The van der Waals surface area contributed by atoms with Crippen molar-refractivity contribution in [1.82, 2.24) is 5.32 Å². The van der Waals surface area contributed by atoms with Crippen molar-refractivity contribution in [2.45, 2.75) is 31.6 Å². The molecule has 0 spiro atoms. The number of para-hydroxylation sites is 1.